The molecule has 5 heteroatoms. The van der Waals surface area contributed by atoms with E-state index in [1.165, 1.54) is 23.3 Å². The van der Waals surface area contributed by atoms with Crippen LogP contribution in [0, 0.1) is 5.82 Å². The van der Waals surface area contributed by atoms with Gasteiger partial charge in [0, 0.05) is 43.2 Å². The van der Waals surface area contributed by atoms with Crippen LogP contribution in [0.3, 0.4) is 0 Å². The summed E-state index contributed by atoms with van der Waals surface area (Å²) in [5.41, 5.74) is 5.19. The van der Waals surface area contributed by atoms with Gasteiger partial charge in [-0.1, -0.05) is 18.2 Å². The number of nitrogens with one attached hydrogen (secondary N) is 2. The summed E-state index contributed by atoms with van der Waals surface area (Å²) in [6.45, 7) is 2.42. The molecule has 2 aromatic carbocycles. The van der Waals surface area contributed by atoms with E-state index in [2.05, 4.69) is 16.4 Å². The molecule has 138 valence electrons. The minimum atomic E-state index is -0.312. The van der Waals surface area contributed by atoms with Crippen molar-refractivity contribution in [2.45, 2.75) is 31.8 Å². The molecule has 1 aliphatic heterocycles. The second kappa shape index (κ2) is 6.59. The minimum Gasteiger partial charge on any atom is -0.381 e. The van der Waals surface area contributed by atoms with Gasteiger partial charge in [-0.05, 0) is 53.1 Å². The third-order valence-electron chi connectivity index (χ3n) is 5.79. The van der Waals surface area contributed by atoms with Crippen molar-refractivity contribution in [1.82, 2.24) is 10.3 Å². The number of rotatable bonds is 3. The Hall–Kier alpha value is -2.50. The van der Waals surface area contributed by atoms with E-state index in [1.54, 1.807) is 6.07 Å². The molecule has 0 unspecified atom stereocenters. The normalized spacial score (nSPS) is 16.5. The van der Waals surface area contributed by atoms with Gasteiger partial charge in [-0.15, -0.1) is 0 Å². The van der Waals surface area contributed by atoms with Gasteiger partial charge >= 0.3 is 0 Å². The summed E-state index contributed by atoms with van der Waals surface area (Å²) in [5.74, 6) is -0.312. The first kappa shape index (κ1) is 16.7. The highest BCUT2D eigenvalue weighted by Crippen LogP contribution is 2.39. The molecule has 0 spiro atoms. The zero-order chi connectivity index (χ0) is 18.4. The average Bonchev–Trinajstić information content (AvgIpc) is 3.06. The van der Waals surface area contributed by atoms with Crippen molar-refractivity contribution in [3.05, 3.63) is 69.3 Å². The number of hydrogen-bond donors (Lipinski definition) is 2. The Morgan fingerprint density at radius 3 is 2.81 bits per heavy atom. The van der Waals surface area contributed by atoms with E-state index in [0.29, 0.717) is 23.2 Å². The molecule has 27 heavy (non-hydrogen) atoms. The van der Waals surface area contributed by atoms with E-state index in [9.17, 15) is 9.18 Å². The van der Waals surface area contributed by atoms with Crippen LogP contribution in [-0.4, -0.2) is 24.2 Å². The summed E-state index contributed by atoms with van der Waals surface area (Å²) in [4.78, 5) is 15.5. The largest absolute Gasteiger partial charge is 0.381 e. The van der Waals surface area contributed by atoms with Crippen molar-refractivity contribution in [2.24, 2.45) is 0 Å². The van der Waals surface area contributed by atoms with Crippen LogP contribution in [0.1, 0.15) is 29.5 Å². The standard InChI is InChI=1S/C22H21FN2O2/c23-14-4-5-17-19(10-14)20-11-18-13(12-24-15-6-8-27-9-7-15)2-1-3-16(18)21(20)25-22(17)26/h1-5,10,15,24H,6-9,11-12H2,(H,25,26). The van der Waals surface area contributed by atoms with E-state index in [4.69, 9.17) is 4.74 Å². The van der Waals surface area contributed by atoms with E-state index in [-0.39, 0.29) is 11.4 Å². The lowest BCUT2D eigenvalue weighted by atomic mass is 10.0. The summed E-state index contributed by atoms with van der Waals surface area (Å²) in [5, 5.41) is 4.90. The van der Waals surface area contributed by atoms with Gasteiger partial charge in [0.15, 0.2) is 0 Å². The SMILES string of the molecule is O=c1[nH]c2c(c3cc(F)ccc13)Cc1c(CNC3CCOCC3)cccc1-2. The number of benzene rings is 2. The maximum absolute atomic E-state index is 13.8. The van der Waals surface area contributed by atoms with Gasteiger partial charge in [0.25, 0.3) is 5.56 Å². The summed E-state index contributed by atoms with van der Waals surface area (Å²) in [6, 6.07) is 11.1. The zero-order valence-corrected chi connectivity index (χ0v) is 15.0. The monoisotopic (exact) mass is 364 g/mol. The number of aromatic nitrogens is 1. The van der Waals surface area contributed by atoms with Crippen LogP contribution in [0.25, 0.3) is 22.0 Å². The molecule has 0 bridgehead atoms. The number of aromatic amines is 1. The molecule has 2 N–H and O–H groups in total. The molecule has 1 fully saturated rings. The predicted molar refractivity (Wildman–Crippen MR) is 103 cm³/mol. The molecular formula is C22H21FN2O2. The number of fused-ring (bicyclic) bond motifs is 5. The quantitative estimate of drug-likeness (QED) is 0.585. The summed E-state index contributed by atoms with van der Waals surface area (Å²) < 4.78 is 19.3. The molecule has 1 saturated heterocycles. The lowest BCUT2D eigenvalue weighted by Gasteiger charge is -2.23. The molecule has 2 aliphatic rings. The maximum atomic E-state index is 13.8. The van der Waals surface area contributed by atoms with Crippen LogP contribution >= 0.6 is 0 Å². The number of H-pyrrole nitrogens is 1. The second-order valence-electron chi connectivity index (χ2n) is 7.39. The zero-order valence-electron chi connectivity index (χ0n) is 15.0. The van der Waals surface area contributed by atoms with Crippen molar-refractivity contribution < 1.29 is 9.13 Å². The van der Waals surface area contributed by atoms with Crippen LogP contribution in [0.15, 0.2) is 41.2 Å². The van der Waals surface area contributed by atoms with E-state index in [1.807, 2.05) is 12.1 Å². The first-order valence-electron chi connectivity index (χ1n) is 9.47. The fourth-order valence-corrected chi connectivity index (χ4v) is 4.34. The van der Waals surface area contributed by atoms with Crippen LogP contribution in [0.2, 0.25) is 0 Å². The summed E-state index contributed by atoms with van der Waals surface area (Å²) in [7, 11) is 0. The van der Waals surface area contributed by atoms with Gasteiger partial charge in [0.2, 0.25) is 0 Å². The molecule has 5 rings (SSSR count). The maximum Gasteiger partial charge on any atom is 0.256 e. The van der Waals surface area contributed by atoms with Gasteiger partial charge in [-0.25, -0.2) is 4.39 Å². The first-order chi connectivity index (χ1) is 13.2. The van der Waals surface area contributed by atoms with Gasteiger partial charge in [-0.2, -0.15) is 0 Å². The Balaban J connectivity index is 1.53. The Labute approximate surface area is 156 Å². The number of ether oxygens (including phenoxy) is 1. The average molecular weight is 364 g/mol. The molecule has 3 aromatic rings. The molecule has 0 saturated carbocycles. The Morgan fingerprint density at radius 2 is 1.96 bits per heavy atom. The molecule has 0 atom stereocenters. The highest BCUT2D eigenvalue weighted by atomic mass is 19.1. The molecule has 2 heterocycles. The summed E-state index contributed by atoms with van der Waals surface area (Å²) >= 11 is 0. The van der Waals surface area contributed by atoms with Crippen molar-refractivity contribution >= 4 is 10.8 Å². The number of halogens is 1. The van der Waals surface area contributed by atoms with E-state index in [0.717, 1.165) is 49.4 Å². The highest BCUT2D eigenvalue weighted by Gasteiger charge is 2.25. The van der Waals surface area contributed by atoms with Crippen molar-refractivity contribution in [2.75, 3.05) is 13.2 Å². The fraction of sp³-hybridized carbons (Fsp3) is 0.318. The van der Waals surface area contributed by atoms with Crippen molar-refractivity contribution in [3.8, 4) is 11.3 Å². The van der Waals surface area contributed by atoms with Gasteiger partial charge in [0.1, 0.15) is 5.82 Å². The minimum absolute atomic E-state index is 0.165. The van der Waals surface area contributed by atoms with Crippen LogP contribution in [0.4, 0.5) is 4.39 Å². The Morgan fingerprint density at radius 1 is 1.11 bits per heavy atom. The molecule has 0 radical (unpaired) electrons. The first-order valence-corrected chi connectivity index (χ1v) is 9.47. The molecule has 1 aromatic heterocycles. The summed E-state index contributed by atoms with van der Waals surface area (Å²) in [6.07, 6.45) is 2.78. The van der Waals surface area contributed by atoms with E-state index >= 15 is 0 Å². The number of hydrogen-bond acceptors (Lipinski definition) is 3. The second-order valence-corrected chi connectivity index (χ2v) is 7.39. The van der Waals surface area contributed by atoms with Crippen LogP contribution in [0.5, 0.6) is 0 Å². The topological polar surface area (TPSA) is 54.1 Å². The Kier molecular flexibility index (Phi) is 4.06. The smallest absolute Gasteiger partial charge is 0.256 e. The lowest BCUT2D eigenvalue weighted by molar-refractivity contribution is 0.0776. The molecule has 0 amide bonds. The molecular weight excluding hydrogens is 343 g/mol. The van der Waals surface area contributed by atoms with Crippen molar-refractivity contribution in [3.63, 3.8) is 0 Å². The Bertz CT molecular complexity index is 1080. The molecule has 4 nitrogen and oxygen atoms in total. The van der Waals surface area contributed by atoms with Gasteiger partial charge < -0.3 is 15.0 Å². The fourth-order valence-electron chi connectivity index (χ4n) is 4.34. The van der Waals surface area contributed by atoms with Crippen LogP contribution in [-0.2, 0) is 17.7 Å². The van der Waals surface area contributed by atoms with E-state index < -0.39 is 0 Å². The molecule has 1 aliphatic carbocycles. The van der Waals surface area contributed by atoms with Gasteiger partial charge in [-0.3, -0.25) is 4.79 Å². The predicted octanol–water partition coefficient (Wildman–Crippen LogP) is 3.51. The highest BCUT2D eigenvalue weighted by molar-refractivity contribution is 5.93. The number of pyridine rings is 1. The van der Waals surface area contributed by atoms with Gasteiger partial charge in [0.05, 0.1) is 5.69 Å². The third kappa shape index (κ3) is 2.87. The third-order valence-corrected chi connectivity index (χ3v) is 5.79. The lowest BCUT2D eigenvalue weighted by Crippen LogP contribution is -2.34. The van der Waals surface area contributed by atoms with Crippen LogP contribution < -0.4 is 10.9 Å². The van der Waals surface area contributed by atoms with Crippen molar-refractivity contribution in [1.29, 1.82) is 0 Å².